The third-order valence-corrected chi connectivity index (χ3v) is 4.73. The van der Waals surface area contributed by atoms with Gasteiger partial charge in [0.25, 0.3) is 0 Å². The van der Waals surface area contributed by atoms with Gasteiger partial charge >= 0.3 is 0 Å². The van der Waals surface area contributed by atoms with Crippen LogP contribution in [0.4, 0.5) is 0 Å². The number of halogens is 2. The van der Waals surface area contributed by atoms with E-state index in [9.17, 15) is 0 Å². The first-order chi connectivity index (χ1) is 8.70. The fourth-order valence-corrected chi connectivity index (χ4v) is 3.14. The molecular weight excluding hydrogens is 267 g/mol. The van der Waals surface area contributed by atoms with Crippen molar-refractivity contribution in [1.29, 1.82) is 0 Å². The Morgan fingerprint density at radius 2 is 1.83 bits per heavy atom. The van der Waals surface area contributed by atoms with Crippen LogP contribution in [0, 0.1) is 5.92 Å². The highest BCUT2D eigenvalue weighted by molar-refractivity contribution is 6.42. The van der Waals surface area contributed by atoms with Crippen LogP contribution in [0.3, 0.4) is 0 Å². The Bertz CT molecular complexity index is 384. The second-order valence-electron chi connectivity index (χ2n) is 5.17. The average molecular weight is 287 g/mol. The second kappa shape index (κ2) is 6.79. The van der Waals surface area contributed by atoms with Gasteiger partial charge < -0.3 is 4.74 Å². The molecule has 0 saturated heterocycles. The topological polar surface area (TPSA) is 9.23 Å². The van der Waals surface area contributed by atoms with Gasteiger partial charge in [0.1, 0.15) is 0 Å². The van der Waals surface area contributed by atoms with Gasteiger partial charge in [0.05, 0.1) is 10.0 Å². The van der Waals surface area contributed by atoms with Gasteiger partial charge in [-0.3, -0.25) is 0 Å². The van der Waals surface area contributed by atoms with Crippen molar-refractivity contribution < 1.29 is 4.74 Å². The molecule has 1 saturated carbocycles. The number of ether oxygens (including phenoxy) is 1. The van der Waals surface area contributed by atoms with Crippen LogP contribution in [0.15, 0.2) is 18.2 Å². The summed E-state index contributed by atoms with van der Waals surface area (Å²) in [6.45, 7) is 0.891. The monoisotopic (exact) mass is 286 g/mol. The zero-order valence-electron chi connectivity index (χ0n) is 10.8. The van der Waals surface area contributed by atoms with Crippen LogP contribution < -0.4 is 0 Å². The minimum absolute atomic E-state index is 0.647. The lowest BCUT2D eigenvalue weighted by Gasteiger charge is -2.28. The molecule has 0 spiro atoms. The lowest BCUT2D eigenvalue weighted by atomic mass is 9.78. The van der Waals surface area contributed by atoms with Gasteiger partial charge in [-0.05, 0) is 61.6 Å². The Morgan fingerprint density at radius 1 is 1.11 bits per heavy atom. The van der Waals surface area contributed by atoms with Crippen LogP contribution in [0.5, 0.6) is 0 Å². The largest absolute Gasteiger partial charge is 0.385 e. The van der Waals surface area contributed by atoms with E-state index in [1.807, 2.05) is 12.1 Å². The molecule has 0 radical (unpaired) electrons. The number of methoxy groups -OCH3 is 1. The third-order valence-electron chi connectivity index (χ3n) is 3.99. The summed E-state index contributed by atoms with van der Waals surface area (Å²) in [4.78, 5) is 0. The highest BCUT2D eigenvalue weighted by Gasteiger charge is 2.22. The molecule has 0 aromatic heterocycles. The highest BCUT2D eigenvalue weighted by Crippen LogP contribution is 2.38. The number of hydrogen-bond acceptors (Lipinski definition) is 1. The Labute approximate surface area is 119 Å². The molecule has 1 aliphatic rings. The third kappa shape index (κ3) is 3.63. The molecule has 18 heavy (non-hydrogen) atoms. The smallest absolute Gasteiger partial charge is 0.0595 e. The van der Waals surface area contributed by atoms with Crippen molar-refractivity contribution in [3.63, 3.8) is 0 Å². The van der Waals surface area contributed by atoms with E-state index in [2.05, 4.69) is 6.07 Å². The lowest BCUT2D eigenvalue weighted by molar-refractivity contribution is 0.163. The van der Waals surface area contributed by atoms with E-state index < -0.39 is 0 Å². The van der Waals surface area contributed by atoms with Crippen molar-refractivity contribution in [3.8, 4) is 0 Å². The van der Waals surface area contributed by atoms with Crippen LogP contribution >= 0.6 is 23.2 Å². The van der Waals surface area contributed by atoms with Gasteiger partial charge in [0.15, 0.2) is 0 Å². The van der Waals surface area contributed by atoms with Gasteiger partial charge in [-0.15, -0.1) is 0 Å². The summed E-state index contributed by atoms with van der Waals surface area (Å²) in [5.41, 5.74) is 1.34. The van der Waals surface area contributed by atoms with E-state index in [0.717, 1.165) is 12.5 Å². The molecule has 1 aliphatic carbocycles. The molecule has 0 atom stereocenters. The predicted molar refractivity (Wildman–Crippen MR) is 77.7 cm³/mol. The minimum atomic E-state index is 0.647. The lowest BCUT2D eigenvalue weighted by Crippen LogP contribution is -2.14. The predicted octanol–water partition coefficient (Wildman–Crippen LogP) is 5.30. The maximum absolute atomic E-state index is 6.08. The normalized spacial score (nSPS) is 24.2. The van der Waals surface area contributed by atoms with Gasteiger partial charge in [-0.2, -0.15) is 0 Å². The van der Waals surface area contributed by atoms with E-state index in [1.54, 1.807) is 7.11 Å². The first-order valence-corrected chi connectivity index (χ1v) is 7.40. The highest BCUT2D eigenvalue weighted by atomic mass is 35.5. The molecule has 3 heteroatoms. The molecule has 0 heterocycles. The standard InChI is InChI=1S/C15H20Cl2O/c1-18-9-8-11-2-4-12(5-3-11)13-6-7-14(16)15(17)10-13/h6-7,10-12H,2-5,8-9H2,1H3. The zero-order chi connectivity index (χ0) is 13.0. The minimum Gasteiger partial charge on any atom is -0.385 e. The van der Waals surface area contributed by atoms with Crippen molar-refractivity contribution in [2.75, 3.05) is 13.7 Å². The second-order valence-corrected chi connectivity index (χ2v) is 5.99. The van der Waals surface area contributed by atoms with E-state index in [1.165, 1.54) is 37.7 Å². The van der Waals surface area contributed by atoms with E-state index in [4.69, 9.17) is 27.9 Å². The van der Waals surface area contributed by atoms with Crippen molar-refractivity contribution >= 4 is 23.2 Å². The van der Waals surface area contributed by atoms with Gasteiger partial charge in [-0.1, -0.05) is 29.3 Å². The molecule has 0 N–H and O–H groups in total. The van der Waals surface area contributed by atoms with Gasteiger partial charge in [0, 0.05) is 13.7 Å². The Kier molecular flexibility index (Phi) is 5.35. The first-order valence-electron chi connectivity index (χ1n) is 6.64. The summed E-state index contributed by atoms with van der Waals surface area (Å²) in [6, 6.07) is 6.06. The maximum atomic E-state index is 6.08. The van der Waals surface area contributed by atoms with E-state index in [-0.39, 0.29) is 0 Å². The molecule has 2 rings (SSSR count). The first kappa shape index (κ1) is 14.2. The number of hydrogen-bond donors (Lipinski definition) is 0. The molecule has 1 aromatic rings. The Morgan fingerprint density at radius 3 is 2.44 bits per heavy atom. The van der Waals surface area contributed by atoms with Crippen molar-refractivity contribution in [2.24, 2.45) is 5.92 Å². The van der Waals surface area contributed by atoms with Gasteiger partial charge in [-0.25, -0.2) is 0 Å². The summed E-state index contributed by atoms with van der Waals surface area (Å²) >= 11 is 12.0. The van der Waals surface area contributed by atoms with Crippen molar-refractivity contribution in [2.45, 2.75) is 38.0 Å². The van der Waals surface area contributed by atoms with Crippen LogP contribution in [0.1, 0.15) is 43.6 Å². The van der Waals surface area contributed by atoms with Gasteiger partial charge in [0.2, 0.25) is 0 Å². The van der Waals surface area contributed by atoms with Crippen LogP contribution in [-0.2, 0) is 4.74 Å². The SMILES string of the molecule is COCCC1CCC(c2ccc(Cl)c(Cl)c2)CC1. The number of rotatable bonds is 4. The summed E-state index contributed by atoms with van der Waals surface area (Å²) in [5.74, 6) is 1.49. The molecule has 1 fully saturated rings. The van der Waals surface area contributed by atoms with Crippen LogP contribution in [0.25, 0.3) is 0 Å². The number of benzene rings is 1. The molecule has 0 unspecified atom stereocenters. The van der Waals surface area contributed by atoms with Crippen molar-refractivity contribution in [1.82, 2.24) is 0 Å². The Hall–Kier alpha value is -0.240. The van der Waals surface area contributed by atoms with E-state index in [0.29, 0.717) is 16.0 Å². The maximum Gasteiger partial charge on any atom is 0.0595 e. The van der Waals surface area contributed by atoms with E-state index >= 15 is 0 Å². The quantitative estimate of drug-likeness (QED) is 0.729. The zero-order valence-corrected chi connectivity index (χ0v) is 12.3. The molecule has 0 aliphatic heterocycles. The van der Waals surface area contributed by atoms with Crippen LogP contribution in [-0.4, -0.2) is 13.7 Å². The molecule has 1 nitrogen and oxygen atoms in total. The molecule has 1 aromatic carbocycles. The summed E-state index contributed by atoms with van der Waals surface area (Å²) in [6.07, 6.45) is 6.31. The summed E-state index contributed by atoms with van der Waals surface area (Å²) in [5, 5.41) is 1.32. The van der Waals surface area contributed by atoms with Crippen molar-refractivity contribution in [3.05, 3.63) is 33.8 Å². The Balaban J connectivity index is 1.90. The fourth-order valence-electron chi connectivity index (χ4n) is 2.84. The van der Waals surface area contributed by atoms with Crippen LogP contribution in [0.2, 0.25) is 10.0 Å². The molecule has 100 valence electrons. The average Bonchev–Trinajstić information content (AvgIpc) is 2.40. The molecule has 0 amide bonds. The molecular formula is C15H20Cl2O. The summed E-state index contributed by atoms with van der Waals surface area (Å²) in [7, 11) is 1.78. The molecule has 0 bridgehead atoms. The fraction of sp³-hybridized carbons (Fsp3) is 0.600. The summed E-state index contributed by atoms with van der Waals surface area (Å²) < 4.78 is 5.15.